The van der Waals surface area contributed by atoms with Crippen molar-refractivity contribution in [3.63, 3.8) is 0 Å². The second-order valence-corrected chi connectivity index (χ2v) is 9.29. The van der Waals surface area contributed by atoms with Gasteiger partial charge in [0.15, 0.2) is 0 Å². The van der Waals surface area contributed by atoms with Crippen LogP contribution in [0.4, 0.5) is 10.5 Å². The number of amides is 2. The second kappa shape index (κ2) is 7.78. The van der Waals surface area contributed by atoms with Crippen LogP contribution in [0.25, 0.3) is 0 Å². The predicted octanol–water partition coefficient (Wildman–Crippen LogP) is 4.88. The quantitative estimate of drug-likeness (QED) is 0.678. The minimum atomic E-state index is -0.519. The SMILES string of the molecule is Cc1ccc2c(c1)CCCN2C(=O)c1cccc2c1CCN(C(=O)OC(C)(C)C)C2. The van der Waals surface area contributed by atoms with E-state index in [1.165, 1.54) is 11.1 Å². The number of nitrogens with zero attached hydrogens (tertiary/aromatic N) is 2. The molecule has 0 aliphatic carbocycles. The Morgan fingerprint density at radius 3 is 2.57 bits per heavy atom. The number of hydrogen-bond acceptors (Lipinski definition) is 3. The number of carbonyl (C=O) groups is 2. The van der Waals surface area contributed by atoms with E-state index >= 15 is 0 Å². The Labute approximate surface area is 178 Å². The lowest BCUT2D eigenvalue weighted by Gasteiger charge is -2.34. The van der Waals surface area contributed by atoms with Gasteiger partial charge in [0.2, 0.25) is 0 Å². The maximum Gasteiger partial charge on any atom is 0.410 e. The van der Waals surface area contributed by atoms with Crippen LogP contribution < -0.4 is 4.90 Å². The summed E-state index contributed by atoms with van der Waals surface area (Å²) in [6, 6.07) is 12.2. The van der Waals surface area contributed by atoms with E-state index < -0.39 is 5.60 Å². The average molecular weight is 407 g/mol. The smallest absolute Gasteiger partial charge is 0.410 e. The molecule has 0 atom stereocenters. The second-order valence-electron chi connectivity index (χ2n) is 9.29. The average Bonchev–Trinajstić information content (AvgIpc) is 2.70. The predicted molar refractivity (Wildman–Crippen MR) is 118 cm³/mol. The molecule has 2 heterocycles. The Bertz CT molecular complexity index is 990. The summed E-state index contributed by atoms with van der Waals surface area (Å²) in [7, 11) is 0. The van der Waals surface area contributed by atoms with E-state index in [9.17, 15) is 9.59 Å². The Hall–Kier alpha value is -2.82. The summed E-state index contributed by atoms with van der Waals surface area (Å²) >= 11 is 0. The topological polar surface area (TPSA) is 49.9 Å². The van der Waals surface area contributed by atoms with Gasteiger partial charge in [0.1, 0.15) is 5.60 Å². The number of hydrogen-bond donors (Lipinski definition) is 0. The molecule has 2 aliphatic rings. The van der Waals surface area contributed by atoms with Crippen LogP contribution in [0.2, 0.25) is 0 Å². The molecule has 30 heavy (non-hydrogen) atoms. The highest BCUT2D eigenvalue weighted by atomic mass is 16.6. The van der Waals surface area contributed by atoms with E-state index in [2.05, 4.69) is 25.1 Å². The molecule has 0 N–H and O–H groups in total. The lowest BCUT2D eigenvalue weighted by Crippen LogP contribution is -2.41. The molecule has 5 heteroatoms. The van der Waals surface area contributed by atoms with Crippen molar-refractivity contribution < 1.29 is 14.3 Å². The van der Waals surface area contributed by atoms with Gasteiger partial charge in [0.05, 0.1) is 0 Å². The van der Waals surface area contributed by atoms with Crippen LogP contribution in [0.5, 0.6) is 0 Å². The van der Waals surface area contributed by atoms with E-state index in [0.29, 0.717) is 19.5 Å². The summed E-state index contributed by atoms with van der Waals surface area (Å²) in [5.74, 6) is 0.0578. The summed E-state index contributed by atoms with van der Waals surface area (Å²) in [4.78, 5) is 29.7. The Kier molecular flexibility index (Phi) is 5.31. The molecule has 4 rings (SSSR count). The van der Waals surface area contributed by atoms with E-state index in [1.54, 1.807) is 4.90 Å². The van der Waals surface area contributed by atoms with Crippen molar-refractivity contribution in [2.45, 2.75) is 59.1 Å². The molecule has 0 aromatic heterocycles. The highest BCUT2D eigenvalue weighted by Gasteiger charge is 2.30. The number of rotatable bonds is 1. The van der Waals surface area contributed by atoms with E-state index in [-0.39, 0.29) is 12.0 Å². The van der Waals surface area contributed by atoms with Gasteiger partial charge >= 0.3 is 6.09 Å². The van der Waals surface area contributed by atoms with Gasteiger partial charge in [-0.05, 0) is 75.8 Å². The lowest BCUT2D eigenvalue weighted by atomic mass is 9.92. The van der Waals surface area contributed by atoms with Crippen molar-refractivity contribution in [2.24, 2.45) is 0 Å². The van der Waals surface area contributed by atoms with Crippen molar-refractivity contribution in [3.05, 3.63) is 64.2 Å². The largest absolute Gasteiger partial charge is 0.444 e. The minimum Gasteiger partial charge on any atom is -0.444 e. The van der Waals surface area contributed by atoms with Gasteiger partial charge in [-0.2, -0.15) is 0 Å². The first-order valence-electron chi connectivity index (χ1n) is 10.7. The van der Waals surface area contributed by atoms with E-state index in [1.807, 2.05) is 43.9 Å². The van der Waals surface area contributed by atoms with Crippen molar-refractivity contribution in [3.8, 4) is 0 Å². The van der Waals surface area contributed by atoms with Crippen LogP contribution in [0.15, 0.2) is 36.4 Å². The van der Waals surface area contributed by atoms with E-state index in [0.717, 1.165) is 41.8 Å². The maximum absolute atomic E-state index is 13.5. The summed E-state index contributed by atoms with van der Waals surface area (Å²) < 4.78 is 5.53. The van der Waals surface area contributed by atoms with Crippen LogP contribution in [0.3, 0.4) is 0 Å². The van der Waals surface area contributed by atoms with Gasteiger partial charge in [-0.15, -0.1) is 0 Å². The third kappa shape index (κ3) is 4.07. The highest BCUT2D eigenvalue weighted by molar-refractivity contribution is 6.08. The molecule has 2 aromatic carbocycles. The van der Waals surface area contributed by atoms with Gasteiger partial charge < -0.3 is 14.5 Å². The van der Waals surface area contributed by atoms with Crippen LogP contribution >= 0.6 is 0 Å². The number of fused-ring (bicyclic) bond motifs is 2. The molecule has 2 aliphatic heterocycles. The lowest BCUT2D eigenvalue weighted by molar-refractivity contribution is 0.0224. The van der Waals surface area contributed by atoms with Gasteiger partial charge in [-0.1, -0.05) is 29.8 Å². The first-order valence-corrected chi connectivity index (χ1v) is 10.7. The molecule has 2 aromatic rings. The molecule has 158 valence electrons. The van der Waals surface area contributed by atoms with Crippen LogP contribution in [0.1, 0.15) is 59.8 Å². The third-order valence-corrected chi connectivity index (χ3v) is 5.75. The Morgan fingerprint density at radius 1 is 1.00 bits per heavy atom. The molecular formula is C25H30N2O3. The molecular weight excluding hydrogens is 376 g/mol. The Morgan fingerprint density at radius 2 is 1.80 bits per heavy atom. The molecule has 2 amide bonds. The van der Waals surface area contributed by atoms with Gasteiger partial charge in [-0.25, -0.2) is 4.79 Å². The molecule has 0 fully saturated rings. The molecule has 0 spiro atoms. The van der Waals surface area contributed by atoms with Crippen LogP contribution in [0, 0.1) is 6.92 Å². The first-order chi connectivity index (χ1) is 14.2. The molecule has 5 nitrogen and oxygen atoms in total. The van der Waals surface area contributed by atoms with Gasteiger partial charge in [-0.3, -0.25) is 4.79 Å². The zero-order chi connectivity index (χ0) is 21.5. The van der Waals surface area contributed by atoms with Crippen LogP contribution in [-0.2, 0) is 24.1 Å². The fourth-order valence-corrected chi connectivity index (χ4v) is 4.37. The fraction of sp³-hybridized carbons (Fsp3) is 0.440. The molecule has 0 saturated heterocycles. The standard InChI is InChI=1S/C25H30N2O3/c1-17-10-11-22-18(15-17)8-6-13-27(22)23(28)21-9-5-7-19-16-26(14-12-20(19)21)24(29)30-25(2,3)4/h5,7,9-11,15H,6,8,12-14,16H2,1-4H3. The Balaban J connectivity index is 1.59. The summed E-state index contributed by atoms with van der Waals surface area (Å²) in [6.45, 7) is 9.48. The van der Waals surface area contributed by atoms with Gasteiger partial charge in [0.25, 0.3) is 5.91 Å². The zero-order valence-electron chi connectivity index (χ0n) is 18.3. The molecule has 0 saturated carbocycles. The fourth-order valence-electron chi connectivity index (χ4n) is 4.37. The van der Waals surface area contributed by atoms with Crippen LogP contribution in [-0.4, -0.2) is 35.6 Å². The summed E-state index contributed by atoms with van der Waals surface area (Å²) in [6.07, 6.45) is 2.35. The first kappa shape index (κ1) is 20.5. The third-order valence-electron chi connectivity index (χ3n) is 5.75. The minimum absolute atomic E-state index is 0.0578. The zero-order valence-corrected chi connectivity index (χ0v) is 18.3. The number of ether oxygens (including phenoxy) is 1. The van der Waals surface area contributed by atoms with Crippen molar-refractivity contribution in [1.82, 2.24) is 4.90 Å². The van der Waals surface area contributed by atoms with E-state index in [4.69, 9.17) is 4.74 Å². The number of anilines is 1. The maximum atomic E-state index is 13.5. The number of benzene rings is 2. The number of aryl methyl sites for hydroxylation is 2. The number of carbonyl (C=O) groups excluding carboxylic acids is 2. The monoisotopic (exact) mass is 406 g/mol. The highest BCUT2D eigenvalue weighted by Crippen LogP contribution is 2.31. The normalized spacial score (nSPS) is 16.0. The molecule has 0 unspecified atom stereocenters. The van der Waals surface area contributed by atoms with Gasteiger partial charge in [0, 0.05) is 30.9 Å². The van der Waals surface area contributed by atoms with Crippen molar-refractivity contribution in [2.75, 3.05) is 18.0 Å². The molecule has 0 bridgehead atoms. The summed E-state index contributed by atoms with van der Waals surface area (Å²) in [5.41, 5.74) is 5.82. The summed E-state index contributed by atoms with van der Waals surface area (Å²) in [5, 5.41) is 0. The van der Waals surface area contributed by atoms with Crippen molar-refractivity contribution >= 4 is 17.7 Å². The van der Waals surface area contributed by atoms with Crippen molar-refractivity contribution in [1.29, 1.82) is 0 Å². The molecule has 0 radical (unpaired) electrons.